The van der Waals surface area contributed by atoms with Crippen LogP contribution >= 0.6 is 0 Å². The molecule has 0 amide bonds. The molecule has 0 radical (unpaired) electrons. The van der Waals surface area contributed by atoms with Crippen molar-refractivity contribution in [2.45, 2.75) is 24.7 Å². The second-order valence-corrected chi connectivity index (χ2v) is 5.57. The minimum absolute atomic E-state index is 0.215. The predicted octanol–water partition coefficient (Wildman–Crippen LogP) is 5.42. The Hall–Kier alpha value is -2.51. The van der Waals surface area contributed by atoms with Crippen molar-refractivity contribution in [2.75, 3.05) is 7.11 Å². The Kier molecular flexibility index (Phi) is 5.63. The summed E-state index contributed by atoms with van der Waals surface area (Å²) in [4.78, 5) is 11.6. The molecule has 0 heterocycles. The molecule has 8 heteroatoms. The van der Waals surface area contributed by atoms with Gasteiger partial charge in [0.25, 0.3) is 0 Å². The van der Waals surface area contributed by atoms with Crippen molar-refractivity contribution >= 4 is 5.97 Å². The average molecular weight is 376 g/mol. The minimum atomic E-state index is -4.51. The molecular weight excluding hydrogens is 362 g/mol. The van der Waals surface area contributed by atoms with Gasteiger partial charge in [0.05, 0.1) is 24.7 Å². The zero-order chi connectivity index (χ0) is 19.5. The summed E-state index contributed by atoms with van der Waals surface area (Å²) in [5.74, 6) is -1.36. The van der Waals surface area contributed by atoms with Crippen molar-refractivity contribution in [2.24, 2.45) is 0 Å². The normalized spacial score (nSPS) is 12.3. The summed E-state index contributed by atoms with van der Waals surface area (Å²) in [7, 11) is 1.15. The van der Waals surface area contributed by atoms with E-state index in [0.29, 0.717) is 11.1 Å². The maximum Gasteiger partial charge on any atom is 0.416 e. The summed E-state index contributed by atoms with van der Waals surface area (Å²) in [5.41, 5.74) is -0.984. The minimum Gasteiger partial charge on any atom is -0.469 e. The van der Waals surface area contributed by atoms with Crippen LogP contribution in [0.2, 0.25) is 0 Å². The van der Waals surface area contributed by atoms with Gasteiger partial charge in [0.1, 0.15) is 0 Å². The smallest absolute Gasteiger partial charge is 0.416 e. The van der Waals surface area contributed by atoms with Crippen molar-refractivity contribution in [3.05, 3.63) is 70.8 Å². The van der Waals surface area contributed by atoms with E-state index in [4.69, 9.17) is 0 Å². The van der Waals surface area contributed by atoms with Crippen LogP contribution in [0.5, 0.6) is 0 Å². The lowest BCUT2D eigenvalue weighted by atomic mass is 9.87. The summed E-state index contributed by atoms with van der Waals surface area (Å²) in [6.07, 6.45) is -9.23. The molecule has 0 spiro atoms. The fourth-order valence-corrected chi connectivity index (χ4v) is 2.49. The van der Waals surface area contributed by atoms with Gasteiger partial charge in [-0.1, -0.05) is 24.3 Å². The molecule has 0 aliphatic rings. The number of hydrogen-bond acceptors (Lipinski definition) is 2. The zero-order valence-corrected chi connectivity index (χ0v) is 13.5. The van der Waals surface area contributed by atoms with E-state index in [1.165, 1.54) is 24.3 Å². The third-order valence-electron chi connectivity index (χ3n) is 3.88. The first-order valence-corrected chi connectivity index (χ1v) is 7.43. The van der Waals surface area contributed by atoms with E-state index in [2.05, 4.69) is 4.74 Å². The standard InChI is InChI=1S/C18H14F6O2/c1-26-16(25)10-15(11-2-6-13(7-3-11)17(19,20)21)12-4-8-14(9-5-12)18(22,23)24/h2-9,15H,10H2,1H3. The Morgan fingerprint density at radius 1 is 0.808 bits per heavy atom. The van der Waals surface area contributed by atoms with Crippen LogP contribution in [0, 0.1) is 0 Å². The number of benzene rings is 2. The number of methoxy groups -OCH3 is 1. The lowest BCUT2D eigenvalue weighted by Crippen LogP contribution is -2.12. The molecule has 2 rings (SSSR count). The second kappa shape index (κ2) is 7.39. The van der Waals surface area contributed by atoms with Gasteiger partial charge >= 0.3 is 18.3 Å². The maximum atomic E-state index is 12.7. The Balaban J connectivity index is 2.39. The third kappa shape index (κ3) is 4.77. The van der Waals surface area contributed by atoms with E-state index < -0.39 is 35.4 Å². The van der Waals surface area contributed by atoms with Crippen LogP contribution in [-0.4, -0.2) is 13.1 Å². The molecule has 0 aliphatic heterocycles. The van der Waals surface area contributed by atoms with Gasteiger partial charge in [0, 0.05) is 5.92 Å². The van der Waals surface area contributed by atoms with Gasteiger partial charge in [-0.15, -0.1) is 0 Å². The molecule has 2 nitrogen and oxygen atoms in total. The molecule has 0 unspecified atom stereocenters. The van der Waals surface area contributed by atoms with Crippen LogP contribution in [0.4, 0.5) is 26.3 Å². The number of carbonyl (C=O) groups excluding carboxylic acids is 1. The van der Waals surface area contributed by atoms with E-state index in [-0.39, 0.29) is 6.42 Å². The molecule has 2 aromatic rings. The number of rotatable bonds is 4. The molecule has 0 aromatic heterocycles. The van der Waals surface area contributed by atoms with Gasteiger partial charge in [0.15, 0.2) is 0 Å². The number of hydrogen-bond donors (Lipinski definition) is 0. The fourth-order valence-electron chi connectivity index (χ4n) is 2.49. The topological polar surface area (TPSA) is 26.3 Å². The molecular formula is C18H14F6O2. The highest BCUT2D eigenvalue weighted by Gasteiger charge is 2.32. The highest BCUT2D eigenvalue weighted by atomic mass is 19.4. The second-order valence-electron chi connectivity index (χ2n) is 5.57. The largest absolute Gasteiger partial charge is 0.469 e. The molecule has 0 fully saturated rings. The van der Waals surface area contributed by atoms with Crippen molar-refractivity contribution in [3.63, 3.8) is 0 Å². The van der Waals surface area contributed by atoms with E-state index in [0.717, 1.165) is 31.4 Å². The SMILES string of the molecule is COC(=O)CC(c1ccc(C(F)(F)F)cc1)c1ccc(C(F)(F)F)cc1. The lowest BCUT2D eigenvalue weighted by Gasteiger charge is -2.18. The molecule has 0 bridgehead atoms. The quantitative estimate of drug-likeness (QED) is 0.526. The number of ether oxygens (including phenoxy) is 1. The summed E-state index contributed by atoms with van der Waals surface area (Å²) < 4.78 is 80.7. The fraction of sp³-hybridized carbons (Fsp3) is 0.278. The van der Waals surface area contributed by atoms with E-state index >= 15 is 0 Å². The van der Waals surface area contributed by atoms with Gasteiger partial charge in [-0.2, -0.15) is 26.3 Å². The number of esters is 1. The molecule has 140 valence electrons. The third-order valence-corrected chi connectivity index (χ3v) is 3.88. The Morgan fingerprint density at radius 2 is 1.15 bits per heavy atom. The summed E-state index contributed by atoms with van der Waals surface area (Å²) >= 11 is 0. The molecule has 2 aromatic carbocycles. The van der Waals surface area contributed by atoms with Gasteiger partial charge in [-0.05, 0) is 35.4 Å². The van der Waals surface area contributed by atoms with E-state index in [1.54, 1.807) is 0 Å². The first-order valence-electron chi connectivity index (χ1n) is 7.43. The Morgan fingerprint density at radius 3 is 1.42 bits per heavy atom. The summed E-state index contributed by atoms with van der Waals surface area (Å²) in [6.45, 7) is 0. The van der Waals surface area contributed by atoms with Crippen molar-refractivity contribution in [1.82, 2.24) is 0 Å². The van der Waals surface area contributed by atoms with E-state index in [9.17, 15) is 31.1 Å². The zero-order valence-electron chi connectivity index (χ0n) is 13.5. The highest BCUT2D eigenvalue weighted by Crippen LogP contribution is 2.35. The molecule has 26 heavy (non-hydrogen) atoms. The molecule has 0 atom stereocenters. The monoisotopic (exact) mass is 376 g/mol. The van der Waals surface area contributed by atoms with Crippen LogP contribution in [-0.2, 0) is 21.9 Å². The van der Waals surface area contributed by atoms with Crippen LogP contribution in [0.3, 0.4) is 0 Å². The lowest BCUT2D eigenvalue weighted by molar-refractivity contribution is -0.141. The van der Waals surface area contributed by atoms with Crippen LogP contribution < -0.4 is 0 Å². The van der Waals surface area contributed by atoms with Crippen LogP contribution in [0.1, 0.15) is 34.6 Å². The summed E-state index contributed by atoms with van der Waals surface area (Å²) in [6, 6.07) is 8.27. The van der Waals surface area contributed by atoms with E-state index in [1.807, 2.05) is 0 Å². The van der Waals surface area contributed by atoms with Crippen molar-refractivity contribution in [3.8, 4) is 0 Å². The number of carbonyl (C=O) groups is 1. The van der Waals surface area contributed by atoms with Crippen molar-refractivity contribution < 1.29 is 35.9 Å². The first-order chi connectivity index (χ1) is 12.0. The predicted molar refractivity (Wildman–Crippen MR) is 81.4 cm³/mol. The van der Waals surface area contributed by atoms with Crippen LogP contribution in [0.25, 0.3) is 0 Å². The summed E-state index contributed by atoms with van der Waals surface area (Å²) in [5, 5.41) is 0. The van der Waals surface area contributed by atoms with Gasteiger partial charge in [-0.25, -0.2) is 0 Å². The maximum absolute atomic E-state index is 12.7. The Bertz CT molecular complexity index is 688. The highest BCUT2D eigenvalue weighted by molar-refractivity contribution is 5.71. The van der Waals surface area contributed by atoms with Crippen molar-refractivity contribution in [1.29, 1.82) is 0 Å². The molecule has 0 saturated heterocycles. The number of alkyl halides is 6. The Labute approximate surface area is 145 Å². The van der Waals surface area contributed by atoms with Gasteiger partial charge in [-0.3, -0.25) is 4.79 Å². The van der Waals surface area contributed by atoms with Gasteiger partial charge < -0.3 is 4.74 Å². The van der Waals surface area contributed by atoms with Gasteiger partial charge in [0.2, 0.25) is 0 Å². The molecule has 0 N–H and O–H groups in total. The molecule has 0 aliphatic carbocycles. The average Bonchev–Trinajstić information content (AvgIpc) is 2.58. The molecule has 0 saturated carbocycles. The van der Waals surface area contributed by atoms with Crippen LogP contribution in [0.15, 0.2) is 48.5 Å². The number of halogens is 6. The first kappa shape index (κ1) is 19.8.